The molecule has 0 aliphatic heterocycles. The molecule has 0 bridgehead atoms. The monoisotopic (exact) mass is 269 g/mol. The van der Waals surface area contributed by atoms with E-state index in [0.29, 0.717) is 10.0 Å². The van der Waals surface area contributed by atoms with Gasteiger partial charge in [0.1, 0.15) is 0 Å². The first kappa shape index (κ1) is 12.4. The van der Waals surface area contributed by atoms with Crippen LogP contribution >= 0.6 is 23.2 Å². The number of rotatable bonds is 3. The highest BCUT2D eigenvalue weighted by atomic mass is 35.5. The summed E-state index contributed by atoms with van der Waals surface area (Å²) in [4.78, 5) is 0. The molecule has 17 heavy (non-hydrogen) atoms. The van der Waals surface area contributed by atoms with E-state index in [9.17, 15) is 0 Å². The summed E-state index contributed by atoms with van der Waals surface area (Å²) in [7, 11) is 0. The van der Waals surface area contributed by atoms with Gasteiger partial charge in [-0.05, 0) is 31.0 Å². The summed E-state index contributed by atoms with van der Waals surface area (Å²) < 4.78 is 1.65. The highest BCUT2D eigenvalue weighted by Crippen LogP contribution is 2.23. The van der Waals surface area contributed by atoms with Crippen molar-refractivity contribution in [3.05, 3.63) is 46.2 Å². The molecule has 5 heteroatoms. The van der Waals surface area contributed by atoms with Gasteiger partial charge in [0, 0.05) is 12.2 Å². The lowest BCUT2D eigenvalue weighted by Crippen LogP contribution is -2.17. The quantitative estimate of drug-likeness (QED) is 0.931. The first-order valence-electron chi connectivity index (χ1n) is 5.31. The van der Waals surface area contributed by atoms with Gasteiger partial charge in [-0.25, -0.2) is 4.68 Å². The molecule has 1 aromatic carbocycles. The lowest BCUT2D eigenvalue weighted by atomic mass is 10.1. The van der Waals surface area contributed by atoms with Crippen LogP contribution in [0, 0.1) is 0 Å². The minimum absolute atomic E-state index is 0.121. The van der Waals surface area contributed by atoms with Crippen molar-refractivity contribution in [1.29, 1.82) is 0 Å². The van der Waals surface area contributed by atoms with Crippen LogP contribution in [0.1, 0.15) is 12.5 Å². The molecule has 0 fully saturated rings. The second-order valence-corrected chi connectivity index (χ2v) is 4.91. The fourth-order valence-corrected chi connectivity index (χ4v) is 2.09. The summed E-state index contributed by atoms with van der Waals surface area (Å²) in [5.41, 5.74) is 7.68. The second kappa shape index (κ2) is 5.08. The van der Waals surface area contributed by atoms with Crippen LogP contribution in [0.15, 0.2) is 30.6 Å². The van der Waals surface area contributed by atoms with Crippen LogP contribution in [-0.4, -0.2) is 15.8 Å². The number of halogens is 2. The summed E-state index contributed by atoms with van der Waals surface area (Å²) in [6.45, 7) is 1.97. The lowest BCUT2D eigenvalue weighted by molar-refractivity contribution is 0.737. The van der Waals surface area contributed by atoms with E-state index in [1.165, 1.54) is 0 Å². The Kier molecular flexibility index (Phi) is 3.72. The Bertz CT molecular complexity index is 520. The first-order valence-corrected chi connectivity index (χ1v) is 6.06. The molecule has 1 unspecified atom stereocenters. The third-order valence-corrected chi connectivity index (χ3v) is 2.87. The van der Waals surface area contributed by atoms with E-state index in [1.54, 1.807) is 17.1 Å². The molecular formula is C12H13Cl2N3. The van der Waals surface area contributed by atoms with E-state index in [2.05, 4.69) is 5.10 Å². The van der Waals surface area contributed by atoms with Gasteiger partial charge in [-0.1, -0.05) is 29.3 Å². The average Bonchev–Trinajstić information content (AvgIpc) is 2.64. The Hall–Kier alpha value is -1.03. The third kappa shape index (κ3) is 3.00. The Morgan fingerprint density at radius 1 is 1.41 bits per heavy atom. The minimum atomic E-state index is 0.121. The van der Waals surface area contributed by atoms with Crippen molar-refractivity contribution >= 4 is 23.2 Å². The predicted molar refractivity (Wildman–Crippen MR) is 70.9 cm³/mol. The SMILES string of the molecule is CC(N)Cc1ccc(-n2cc(Cl)cn2)c(Cl)c1. The van der Waals surface area contributed by atoms with Crippen molar-refractivity contribution in [1.82, 2.24) is 9.78 Å². The van der Waals surface area contributed by atoms with Crippen LogP contribution < -0.4 is 5.73 Å². The standard InChI is InChI=1S/C12H13Cl2N3/c1-8(15)4-9-2-3-12(11(14)5-9)17-7-10(13)6-16-17/h2-3,5-8H,4,15H2,1H3. The van der Waals surface area contributed by atoms with Crippen molar-refractivity contribution in [2.24, 2.45) is 5.73 Å². The zero-order valence-corrected chi connectivity index (χ0v) is 10.9. The molecule has 2 aromatic rings. The second-order valence-electron chi connectivity index (χ2n) is 4.07. The molecule has 3 nitrogen and oxygen atoms in total. The van der Waals surface area contributed by atoms with Gasteiger partial charge in [-0.2, -0.15) is 5.10 Å². The minimum Gasteiger partial charge on any atom is -0.328 e. The summed E-state index contributed by atoms with van der Waals surface area (Å²) in [5.74, 6) is 0. The molecular weight excluding hydrogens is 257 g/mol. The van der Waals surface area contributed by atoms with Crippen LogP contribution in [0.4, 0.5) is 0 Å². The molecule has 0 spiro atoms. The van der Waals surface area contributed by atoms with Crippen LogP contribution in [0.5, 0.6) is 0 Å². The van der Waals surface area contributed by atoms with E-state index in [4.69, 9.17) is 28.9 Å². The summed E-state index contributed by atoms with van der Waals surface area (Å²) in [6.07, 6.45) is 4.10. The number of hydrogen-bond acceptors (Lipinski definition) is 2. The molecule has 0 saturated carbocycles. The zero-order valence-electron chi connectivity index (χ0n) is 9.40. The number of aromatic nitrogens is 2. The van der Waals surface area contributed by atoms with E-state index in [0.717, 1.165) is 17.7 Å². The molecule has 2 N–H and O–H groups in total. The van der Waals surface area contributed by atoms with Gasteiger partial charge in [-0.15, -0.1) is 0 Å². The smallest absolute Gasteiger partial charge is 0.0832 e. The van der Waals surface area contributed by atoms with Gasteiger partial charge in [-0.3, -0.25) is 0 Å². The number of nitrogens with two attached hydrogens (primary N) is 1. The third-order valence-electron chi connectivity index (χ3n) is 2.37. The van der Waals surface area contributed by atoms with Gasteiger partial charge < -0.3 is 5.73 Å². The van der Waals surface area contributed by atoms with E-state index < -0.39 is 0 Å². The fraction of sp³-hybridized carbons (Fsp3) is 0.250. The van der Waals surface area contributed by atoms with Gasteiger partial charge in [0.25, 0.3) is 0 Å². The topological polar surface area (TPSA) is 43.8 Å². The van der Waals surface area contributed by atoms with E-state index >= 15 is 0 Å². The Morgan fingerprint density at radius 3 is 2.71 bits per heavy atom. The molecule has 1 atom stereocenters. The van der Waals surface area contributed by atoms with Gasteiger partial charge in [0.05, 0.1) is 21.9 Å². The normalized spacial score (nSPS) is 12.7. The Labute approximate surface area is 110 Å². The van der Waals surface area contributed by atoms with Crippen LogP contribution in [0.25, 0.3) is 5.69 Å². The Balaban J connectivity index is 2.31. The first-order chi connectivity index (χ1) is 8.06. The molecule has 0 radical (unpaired) electrons. The van der Waals surface area contributed by atoms with Gasteiger partial charge in [0.2, 0.25) is 0 Å². The fourth-order valence-electron chi connectivity index (χ4n) is 1.67. The maximum Gasteiger partial charge on any atom is 0.0832 e. The van der Waals surface area contributed by atoms with Crippen molar-refractivity contribution in [3.8, 4) is 5.69 Å². The maximum atomic E-state index is 6.21. The largest absolute Gasteiger partial charge is 0.328 e. The van der Waals surface area contributed by atoms with Crippen molar-refractivity contribution in [2.75, 3.05) is 0 Å². The summed E-state index contributed by atoms with van der Waals surface area (Å²) >= 11 is 12.0. The van der Waals surface area contributed by atoms with Crippen molar-refractivity contribution < 1.29 is 0 Å². The van der Waals surface area contributed by atoms with Crippen LogP contribution in [0.3, 0.4) is 0 Å². The highest BCUT2D eigenvalue weighted by molar-refractivity contribution is 6.32. The van der Waals surface area contributed by atoms with Crippen molar-refractivity contribution in [3.63, 3.8) is 0 Å². The Morgan fingerprint density at radius 2 is 2.18 bits per heavy atom. The summed E-state index contributed by atoms with van der Waals surface area (Å²) in [6, 6.07) is 5.95. The van der Waals surface area contributed by atoms with Gasteiger partial charge in [0.15, 0.2) is 0 Å². The number of benzene rings is 1. The number of hydrogen-bond donors (Lipinski definition) is 1. The molecule has 0 amide bonds. The number of nitrogens with zero attached hydrogens (tertiary/aromatic N) is 2. The molecule has 0 aliphatic carbocycles. The molecule has 0 aliphatic rings. The average molecular weight is 270 g/mol. The molecule has 2 rings (SSSR count). The van der Waals surface area contributed by atoms with E-state index in [1.807, 2.05) is 25.1 Å². The predicted octanol–water partition coefficient (Wildman–Crippen LogP) is 3.07. The zero-order chi connectivity index (χ0) is 12.4. The lowest BCUT2D eigenvalue weighted by Gasteiger charge is -2.09. The molecule has 90 valence electrons. The van der Waals surface area contributed by atoms with Crippen LogP contribution in [-0.2, 0) is 6.42 Å². The molecule has 0 saturated heterocycles. The summed E-state index contributed by atoms with van der Waals surface area (Å²) in [5, 5.41) is 5.34. The van der Waals surface area contributed by atoms with E-state index in [-0.39, 0.29) is 6.04 Å². The van der Waals surface area contributed by atoms with Crippen molar-refractivity contribution in [2.45, 2.75) is 19.4 Å². The molecule has 1 heterocycles. The van der Waals surface area contributed by atoms with Gasteiger partial charge >= 0.3 is 0 Å². The van der Waals surface area contributed by atoms with Crippen LogP contribution in [0.2, 0.25) is 10.0 Å². The molecule has 1 aromatic heterocycles. The highest BCUT2D eigenvalue weighted by Gasteiger charge is 2.06. The maximum absolute atomic E-state index is 6.21.